The van der Waals surface area contributed by atoms with Gasteiger partial charge < -0.3 is 4.90 Å². The third-order valence-electron chi connectivity index (χ3n) is 5.00. The van der Waals surface area contributed by atoms with Crippen LogP contribution in [0.25, 0.3) is 11.3 Å². The fraction of sp³-hybridized carbons (Fsp3) is 0.238. The number of piperazine rings is 1. The Kier molecular flexibility index (Phi) is 6.11. The Morgan fingerprint density at radius 2 is 1.66 bits per heavy atom. The Labute approximate surface area is 184 Å². The topological polar surface area (TPSA) is 52.2 Å². The quantitative estimate of drug-likeness (QED) is 0.610. The highest BCUT2D eigenvalue weighted by molar-refractivity contribution is 6.42. The van der Waals surface area contributed by atoms with Crippen LogP contribution in [0.15, 0.2) is 48.5 Å². The number of nitrogens with zero attached hydrogens (tertiary/aromatic N) is 3. The second-order valence-corrected chi connectivity index (χ2v) is 8.24. The molecule has 29 heavy (non-hydrogen) atoms. The van der Waals surface area contributed by atoms with Crippen LogP contribution in [0.5, 0.6) is 0 Å². The van der Waals surface area contributed by atoms with Crippen molar-refractivity contribution in [2.75, 3.05) is 26.2 Å². The minimum Gasteiger partial charge on any atom is -0.335 e. The van der Waals surface area contributed by atoms with Gasteiger partial charge in [-0.1, -0.05) is 53.0 Å². The van der Waals surface area contributed by atoms with E-state index in [2.05, 4.69) is 15.1 Å². The van der Waals surface area contributed by atoms with Gasteiger partial charge >= 0.3 is 0 Å². The molecule has 1 amide bonds. The van der Waals surface area contributed by atoms with E-state index < -0.39 is 0 Å². The molecule has 1 N–H and O–H groups in total. The van der Waals surface area contributed by atoms with E-state index in [1.807, 2.05) is 35.2 Å². The number of rotatable bonds is 4. The van der Waals surface area contributed by atoms with Crippen molar-refractivity contribution in [1.29, 1.82) is 0 Å². The van der Waals surface area contributed by atoms with Crippen molar-refractivity contribution >= 4 is 40.7 Å². The van der Waals surface area contributed by atoms with Gasteiger partial charge in [0, 0.05) is 43.3 Å². The molecule has 0 radical (unpaired) electrons. The number of carbonyl (C=O) groups is 1. The van der Waals surface area contributed by atoms with Crippen molar-refractivity contribution in [3.05, 3.63) is 74.9 Å². The predicted octanol–water partition coefficient (Wildman–Crippen LogP) is 4.99. The number of amides is 1. The number of benzene rings is 2. The molecule has 1 aromatic heterocycles. The van der Waals surface area contributed by atoms with Crippen LogP contribution in [0.3, 0.4) is 0 Å². The molecule has 1 fully saturated rings. The molecule has 150 valence electrons. The number of H-pyrrole nitrogens is 1. The van der Waals surface area contributed by atoms with Crippen molar-refractivity contribution in [2.24, 2.45) is 0 Å². The first-order valence-corrected chi connectivity index (χ1v) is 10.4. The molecule has 1 aliphatic rings. The maximum Gasteiger partial charge on any atom is 0.271 e. The van der Waals surface area contributed by atoms with E-state index in [9.17, 15) is 4.79 Å². The van der Waals surface area contributed by atoms with Crippen molar-refractivity contribution in [1.82, 2.24) is 20.0 Å². The average Bonchev–Trinajstić information content (AvgIpc) is 3.22. The molecule has 2 aromatic carbocycles. The predicted molar refractivity (Wildman–Crippen MR) is 117 cm³/mol. The molecule has 0 unspecified atom stereocenters. The van der Waals surface area contributed by atoms with Crippen molar-refractivity contribution in [2.45, 2.75) is 6.54 Å². The summed E-state index contributed by atoms with van der Waals surface area (Å²) in [5.41, 5.74) is 3.15. The average molecular weight is 450 g/mol. The van der Waals surface area contributed by atoms with Crippen LogP contribution in [0.4, 0.5) is 0 Å². The second kappa shape index (κ2) is 8.76. The molecule has 0 bridgehead atoms. The fourth-order valence-corrected chi connectivity index (χ4v) is 3.79. The van der Waals surface area contributed by atoms with Crippen LogP contribution in [-0.4, -0.2) is 52.1 Å². The molecule has 4 rings (SSSR count). The van der Waals surface area contributed by atoms with Crippen LogP contribution in [0.1, 0.15) is 16.1 Å². The third-order valence-corrected chi connectivity index (χ3v) is 5.99. The number of nitrogens with one attached hydrogen (secondary N) is 1. The van der Waals surface area contributed by atoms with E-state index in [0.717, 1.165) is 30.2 Å². The molecule has 0 aliphatic carbocycles. The maximum atomic E-state index is 12.8. The number of hydrogen-bond acceptors (Lipinski definition) is 3. The summed E-state index contributed by atoms with van der Waals surface area (Å²) in [6.07, 6.45) is 0. The van der Waals surface area contributed by atoms with Crippen LogP contribution in [0.2, 0.25) is 15.1 Å². The number of aromatic amines is 1. The molecule has 0 atom stereocenters. The van der Waals surface area contributed by atoms with Gasteiger partial charge in [-0.2, -0.15) is 5.10 Å². The molecule has 5 nitrogen and oxygen atoms in total. The SMILES string of the molecule is O=C(c1cc(-c2ccc(Cl)c(Cl)c2)n[nH]1)N1CCN(Cc2ccc(Cl)cc2)CC1. The van der Waals surface area contributed by atoms with Gasteiger partial charge in [-0.15, -0.1) is 0 Å². The Morgan fingerprint density at radius 3 is 2.34 bits per heavy atom. The van der Waals surface area contributed by atoms with E-state index >= 15 is 0 Å². The summed E-state index contributed by atoms with van der Waals surface area (Å²) in [6, 6.07) is 14.9. The third kappa shape index (κ3) is 4.75. The van der Waals surface area contributed by atoms with E-state index in [1.165, 1.54) is 5.56 Å². The summed E-state index contributed by atoms with van der Waals surface area (Å²) in [4.78, 5) is 17.0. The number of halogens is 3. The van der Waals surface area contributed by atoms with Gasteiger partial charge in [0.25, 0.3) is 5.91 Å². The van der Waals surface area contributed by atoms with E-state index in [0.29, 0.717) is 34.5 Å². The summed E-state index contributed by atoms with van der Waals surface area (Å²) < 4.78 is 0. The minimum absolute atomic E-state index is 0.0463. The summed E-state index contributed by atoms with van der Waals surface area (Å²) in [5, 5.41) is 8.78. The minimum atomic E-state index is -0.0463. The van der Waals surface area contributed by atoms with Crippen LogP contribution in [-0.2, 0) is 6.54 Å². The largest absolute Gasteiger partial charge is 0.335 e. The van der Waals surface area contributed by atoms with Gasteiger partial charge in [-0.05, 0) is 35.9 Å². The van der Waals surface area contributed by atoms with Gasteiger partial charge in [-0.25, -0.2) is 0 Å². The maximum absolute atomic E-state index is 12.8. The molecule has 0 spiro atoms. The Bertz CT molecular complexity index is 1010. The number of aromatic nitrogens is 2. The lowest BCUT2D eigenvalue weighted by molar-refractivity contribution is 0.0622. The lowest BCUT2D eigenvalue weighted by atomic mass is 10.1. The molecular formula is C21H19Cl3N4O. The Morgan fingerprint density at radius 1 is 0.931 bits per heavy atom. The van der Waals surface area contributed by atoms with Crippen molar-refractivity contribution < 1.29 is 4.79 Å². The summed E-state index contributed by atoms with van der Waals surface area (Å²) >= 11 is 18.0. The lowest BCUT2D eigenvalue weighted by Gasteiger charge is -2.34. The van der Waals surface area contributed by atoms with Crippen LogP contribution >= 0.6 is 34.8 Å². The Balaban J connectivity index is 1.36. The molecule has 3 aromatic rings. The molecular weight excluding hydrogens is 431 g/mol. The monoisotopic (exact) mass is 448 g/mol. The highest BCUT2D eigenvalue weighted by Gasteiger charge is 2.23. The molecule has 1 saturated heterocycles. The fourth-order valence-electron chi connectivity index (χ4n) is 3.36. The van der Waals surface area contributed by atoms with Crippen LogP contribution < -0.4 is 0 Å². The van der Waals surface area contributed by atoms with Gasteiger partial charge in [0.2, 0.25) is 0 Å². The van der Waals surface area contributed by atoms with Crippen LogP contribution in [0, 0.1) is 0 Å². The Hall–Kier alpha value is -2.05. The number of carbonyl (C=O) groups excluding carboxylic acids is 1. The lowest BCUT2D eigenvalue weighted by Crippen LogP contribution is -2.48. The standard InChI is InChI=1S/C21H19Cl3N4O/c22-16-4-1-14(2-5-16)13-27-7-9-28(10-8-27)21(29)20-12-19(25-26-20)15-3-6-17(23)18(24)11-15/h1-6,11-12H,7-10,13H2,(H,25,26). The van der Waals surface area contributed by atoms with E-state index in [1.54, 1.807) is 18.2 Å². The second-order valence-electron chi connectivity index (χ2n) is 6.99. The van der Waals surface area contributed by atoms with Gasteiger partial charge in [0.05, 0.1) is 15.7 Å². The normalized spacial score (nSPS) is 14.9. The zero-order chi connectivity index (χ0) is 20.4. The van der Waals surface area contributed by atoms with E-state index in [4.69, 9.17) is 34.8 Å². The first-order chi connectivity index (χ1) is 14.0. The highest BCUT2D eigenvalue weighted by Crippen LogP contribution is 2.28. The van der Waals surface area contributed by atoms with Crippen molar-refractivity contribution in [3.8, 4) is 11.3 Å². The van der Waals surface area contributed by atoms with E-state index in [-0.39, 0.29) is 5.91 Å². The molecule has 2 heterocycles. The molecule has 1 aliphatic heterocycles. The van der Waals surface area contributed by atoms with Gasteiger partial charge in [0.1, 0.15) is 5.69 Å². The molecule has 0 saturated carbocycles. The highest BCUT2D eigenvalue weighted by atomic mass is 35.5. The zero-order valence-corrected chi connectivity index (χ0v) is 17.8. The first kappa shape index (κ1) is 20.2. The first-order valence-electron chi connectivity index (χ1n) is 9.26. The smallest absolute Gasteiger partial charge is 0.271 e. The summed E-state index contributed by atoms with van der Waals surface area (Å²) in [7, 11) is 0. The molecule has 8 heteroatoms. The van der Waals surface area contributed by atoms with Gasteiger partial charge in [-0.3, -0.25) is 14.8 Å². The number of hydrogen-bond donors (Lipinski definition) is 1. The van der Waals surface area contributed by atoms with Gasteiger partial charge in [0.15, 0.2) is 0 Å². The summed E-state index contributed by atoms with van der Waals surface area (Å²) in [5.74, 6) is -0.0463. The van der Waals surface area contributed by atoms with Crippen molar-refractivity contribution in [3.63, 3.8) is 0 Å². The zero-order valence-electron chi connectivity index (χ0n) is 15.5. The summed E-state index contributed by atoms with van der Waals surface area (Å²) in [6.45, 7) is 3.84.